The Labute approximate surface area is 126 Å². The number of hydrogen-bond acceptors (Lipinski definition) is 4. The molecule has 0 saturated carbocycles. The molecule has 0 radical (unpaired) electrons. The predicted molar refractivity (Wildman–Crippen MR) is 79.3 cm³/mol. The van der Waals surface area contributed by atoms with Gasteiger partial charge in [0.2, 0.25) is 5.82 Å². The number of nitrogens with zero attached hydrogens (tertiary/aromatic N) is 4. The van der Waals surface area contributed by atoms with E-state index < -0.39 is 11.7 Å². The molecule has 3 rings (SSSR count). The molecule has 0 bridgehead atoms. The van der Waals surface area contributed by atoms with Gasteiger partial charge in [-0.2, -0.15) is 4.98 Å². The van der Waals surface area contributed by atoms with Crippen molar-refractivity contribution in [1.82, 2.24) is 19.6 Å². The molecule has 2 heterocycles. The summed E-state index contributed by atoms with van der Waals surface area (Å²) in [7, 11) is 0. The van der Waals surface area contributed by atoms with Crippen molar-refractivity contribution in [2.45, 2.75) is 20.8 Å². The van der Waals surface area contributed by atoms with Gasteiger partial charge in [0.25, 0.3) is 11.7 Å². The number of aryl methyl sites for hydroxylation is 3. The molecule has 1 aromatic carbocycles. The van der Waals surface area contributed by atoms with Crippen LogP contribution in [0.3, 0.4) is 0 Å². The number of nitrogens with one attached hydrogen (secondary N) is 1. The SMILES string of the molecule is Cc1ccc(NC(=O)c2nc3nc(C)cc(C)n3n2)c(F)c1. The van der Waals surface area contributed by atoms with Crippen LogP contribution in [0.1, 0.15) is 27.6 Å². The average molecular weight is 299 g/mol. The standard InChI is InChI=1S/C15H14FN5O/c1-8-4-5-12(11(16)6-8)18-14(22)13-19-15-17-9(2)7-10(3)21(15)20-13/h4-7H,1-3H3,(H,18,22). The molecule has 6 nitrogen and oxygen atoms in total. The van der Waals surface area contributed by atoms with Gasteiger partial charge in [-0.1, -0.05) is 6.07 Å². The largest absolute Gasteiger partial charge is 0.317 e. The average Bonchev–Trinajstić information content (AvgIpc) is 2.86. The topological polar surface area (TPSA) is 72.2 Å². The molecule has 0 aliphatic carbocycles. The fourth-order valence-corrected chi connectivity index (χ4v) is 2.16. The highest BCUT2D eigenvalue weighted by molar-refractivity contribution is 6.01. The Hall–Kier alpha value is -2.83. The van der Waals surface area contributed by atoms with Crippen molar-refractivity contribution in [2.24, 2.45) is 0 Å². The third kappa shape index (κ3) is 2.52. The molecule has 112 valence electrons. The molecular formula is C15H14FN5O. The number of carbonyl (C=O) groups is 1. The molecule has 1 N–H and O–H groups in total. The number of hydrogen-bond donors (Lipinski definition) is 1. The fourth-order valence-electron chi connectivity index (χ4n) is 2.16. The van der Waals surface area contributed by atoms with Crippen molar-refractivity contribution in [3.05, 3.63) is 52.9 Å². The third-order valence-corrected chi connectivity index (χ3v) is 3.19. The number of carbonyl (C=O) groups excluding carboxylic acids is 1. The number of benzene rings is 1. The van der Waals surface area contributed by atoms with Crippen molar-refractivity contribution in [2.75, 3.05) is 5.32 Å². The Morgan fingerprint density at radius 2 is 1.95 bits per heavy atom. The van der Waals surface area contributed by atoms with E-state index in [1.165, 1.54) is 16.6 Å². The highest BCUT2D eigenvalue weighted by atomic mass is 19.1. The third-order valence-electron chi connectivity index (χ3n) is 3.19. The second-order valence-corrected chi connectivity index (χ2v) is 5.12. The van der Waals surface area contributed by atoms with Gasteiger partial charge >= 0.3 is 0 Å². The summed E-state index contributed by atoms with van der Waals surface area (Å²) in [5, 5.41) is 6.57. The Bertz CT molecular complexity index is 887. The van der Waals surface area contributed by atoms with Crippen molar-refractivity contribution >= 4 is 17.4 Å². The fraction of sp³-hybridized carbons (Fsp3) is 0.200. The highest BCUT2D eigenvalue weighted by Crippen LogP contribution is 2.16. The van der Waals surface area contributed by atoms with E-state index >= 15 is 0 Å². The summed E-state index contributed by atoms with van der Waals surface area (Å²) < 4.78 is 15.3. The van der Waals surface area contributed by atoms with Gasteiger partial charge in [-0.05, 0) is 44.5 Å². The van der Waals surface area contributed by atoms with Crippen molar-refractivity contribution in [3.63, 3.8) is 0 Å². The molecule has 0 unspecified atom stereocenters. The molecule has 0 spiro atoms. The number of halogens is 1. The lowest BCUT2D eigenvalue weighted by Gasteiger charge is -2.04. The maximum absolute atomic E-state index is 13.8. The minimum atomic E-state index is -0.578. The lowest BCUT2D eigenvalue weighted by atomic mass is 10.2. The van der Waals surface area contributed by atoms with Gasteiger partial charge < -0.3 is 5.32 Å². The highest BCUT2D eigenvalue weighted by Gasteiger charge is 2.16. The quantitative estimate of drug-likeness (QED) is 0.789. The van der Waals surface area contributed by atoms with Crippen LogP contribution in [-0.4, -0.2) is 25.5 Å². The molecule has 0 fully saturated rings. The van der Waals surface area contributed by atoms with Gasteiger partial charge in [0.15, 0.2) is 0 Å². The van der Waals surface area contributed by atoms with Crippen molar-refractivity contribution in [3.8, 4) is 0 Å². The predicted octanol–water partition coefficient (Wildman–Crippen LogP) is 2.44. The zero-order chi connectivity index (χ0) is 15.9. The summed E-state index contributed by atoms with van der Waals surface area (Å²) in [5.41, 5.74) is 2.47. The monoisotopic (exact) mass is 299 g/mol. The van der Waals surface area contributed by atoms with Crippen LogP contribution >= 0.6 is 0 Å². The van der Waals surface area contributed by atoms with Gasteiger partial charge in [0.05, 0.1) is 5.69 Å². The zero-order valence-electron chi connectivity index (χ0n) is 12.4. The van der Waals surface area contributed by atoms with E-state index in [9.17, 15) is 9.18 Å². The first-order valence-electron chi connectivity index (χ1n) is 6.72. The summed E-state index contributed by atoms with van der Waals surface area (Å²) in [6, 6.07) is 6.40. The van der Waals surface area contributed by atoms with Crippen LogP contribution in [0, 0.1) is 26.6 Å². The van der Waals surface area contributed by atoms with E-state index in [1.807, 2.05) is 19.9 Å². The van der Waals surface area contributed by atoms with Gasteiger partial charge in [0, 0.05) is 11.4 Å². The van der Waals surface area contributed by atoms with Crippen LogP contribution < -0.4 is 5.32 Å². The van der Waals surface area contributed by atoms with Gasteiger partial charge in [-0.15, -0.1) is 5.10 Å². The summed E-state index contributed by atoms with van der Waals surface area (Å²) in [4.78, 5) is 20.5. The maximum atomic E-state index is 13.8. The van der Waals surface area contributed by atoms with Crippen molar-refractivity contribution in [1.29, 1.82) is 0 Å². The van der Waals surface area contributed by atoms with Gasteiger partial charge in [-0.3, -0.25) is 4.79 Å². The van der Waals surface area contributed by atoms with Crippen molar-refractivity contribution < 1.29 is 9.18 Å². The second-order valence-electron chi connectivity index (χ2n) is 5.12. The minimum absolute atomic E-state index is 0.0545. The Morgan fingerprint density at radius 1 is 1.18 bits per heavy atom. The van der Waals surface area contributed by atoms with Crippen LogP contribution in [0.5, 0.6) is 0 Å². The molecule has 0 aliphatic heterocycles. The molecule has 0 saturated heterocycles. The van der Waals surface area contributed by atoms with Gasteiger partial charge in [-0.25, -0.2) is 13.9 Å². The number of aromatic nitrogens is 4. The molecule has 0 aliphatic rings. The molecule has 2 aromatic heterocycles. The van der Waals surface area contributed by atoms with E-state index in [-0.39, 0.29) is 11.5 Å². The van der Waals surface area contributed by atoms with Crippen LogP contribution in [0.25, 0.3) is 5.78 Å². The van der Waals surface area contributed by atoms with Crippen LogP contribution in [0.15, 0.2) is 24.3 Å². The lowest BCUT2D eigenvalue weighted by molar-refractivity contribution is 0.101. The smallest absolute Gasteiger partial charge is 0.295 e. The van der Waals surface area contributed by atoms with Crippen LogP contribution in [0.4, 0.5) is 10.1 Å². The van der Waals surface area contributed by atoms with E-state index in [0.717, 1.165) is 17.0 Å². The molecule has 3 aromatic rings. The maximum Gasteiger partial charge on any atom is 0.295 e. The Kier molecular flexibility index (Phi) is 3.32. The number of amides is 1. The first-order valence-corrected chi connectivity index (χ1v) is 6.72. The summed E-state index contributed by atoms with van der Waals surface area (Å²) in [6.07, 6.45) is 0. The minimum Gasteiger partial charge on any atom is -0.317 e. The number of fused-ring (bicyclic) bond motifs is 1. The molecular weight excluding hydrogens is 285 g/mol. The summed E-state index contributed by atoms with van der Waals surface area (Å²) >= 11 is 0. The van der Waals surface area contributed by atoms with E-state index in [0.29, 0.717) is 5.78 Å². The van der Waals surface area contributed by atoms with E-state index in [4.69, 9.17) is 0 Å². The molecule has 1 amide bonds. The summed E-state index contributed by atoms with van der Waals surface area (Å²) in [6.45, 7) is 5.45. The Balaban J connectivity index is 1.93. The summed E-state index contributed by atoms with van der Waals surface area (Å²) in [5.74, 6) is -0.791. The molecule has 22 heavy (non-hydrogen) atoms. The number of anilines is 1. The van der Waals surface area contributed by atoms with E-state index in [1.54, 1.807) is 13.0 Å². The molecule has 0 atom stereocenters. The first kappa shape index (κ1) is 14.1. The normalized spacial score (nSPS) is 10.9. The van der Waals surface area contributed by atoms with E-state index in [2.05, 4.69) is 20.4 Å². The first-order chi connectivity index (χ1) is 10.4. The molecule has 7 heteroatoms. The zero-order valence-corrected chi connectivity index (χ0v) is 12.4. The lowest BCUT2D eigenvalue weighted by Crippen LogP contribution is -2.15. The van der Waals surface area contributed by atoms with Crippen LogP contribution in [-0.2, 0) is 0 Å². The van der Waals surface area contributed by atoms with Crippen LogP contribution in [0.2, 0.25) is 0 Å². The van der Waals surface area contributed by atoms with Gasteiger partial charge in [0.1, 0.15) is 5.82 Å². The Morgan fingerprint density at radius 3 is 2.68 bits per heavy atom. The second kappa shape index (κ2) is 5.18. The number of rotatable bonds is 2.